The van der Waals surface area contributed by atoms with Crippen LogP contribution >= 0.6 is 11.8 Å². The van der Waals surface area contributed by atoms with Gasteiger partial charge in [-0.25, -0.2) is 0 Å². The number of fused-ring (bicyclic) bond motifs is 2. The summed E-state index contributed by atoms with van der Waals surface area (Å²) in [5.74, 6) is 3.95. The first-order valence-corrected chi connectivity index (χ1v) is 14.3. The molecule has 3 aromatic rings. The van der Waals surface area contributed by atoms with Crippen LogP contribution in [0.25, 0.3) is 11.5 Å². The molecule has 2 unspecified atom stereocenters. The number of hydrogen-bond donors (Lipinski definition) is 1. The second-order valence-corrected chi connectivity index (χ2v) is 12.4. The third kappa shape index (κ3) is 6.03. The SMILES string of the molecule is Cc1ccc(-c2nnc(SCCCC(=O)Nc3ccc(C4(C)CC5CC(C)CC(C5)C4)cc3)o2)cc1. The highest BCUT2D eigenvalue weighted by molar-refractivity contribution is 7.99. The van der Waals surface area contributed by atoms with Crippen molar-refractivity contribution in [2.75, 3.05) is 11.1 Å². The number of thioether (sulfide) groups is 1. The molecule has 36 heavy (non-hydrogen) atoms. The predicted octanol–water partition coefficient (Wildman–Crippen LogP) is 7.66. The highest BCUT2D eigenvalue weighted by Crippen LogP contribution is 2.51. The van der Waals surface area contributed by atoms with Crippen molar-refractivity contribution >= 4 is 23.4 Å². The lowest BCUT2D eigenvalue weighted by atomic mass is 9.57. The molecule has 2 aliphatic rings. The quantitative estimate of drug-likeness (QED) is 0.252. The number of rotatable bonds is 8. The summed E-state index contributed by atoms with van der Waals surface area (Å²) in [5.41, 5.74) is 4.68. The number of aryl methyl sites for hydroxylation is 1. The fraction of sp³-hybridized carbons (Fsp3) is 0.500. The van der Waals surface area contributed by atoms with Crippen molar-refractivity contribution in [3.8, 4) is 11.5 Å². The van der Waals surface area contributed by atoms with Gasteiger partial charge < -0.3 is 9.73 Å². The second kappa shape index (κ2) is 10.8. The molecule has 5 nitrogen and oxygen atoms in total. The molecule has 2 aliphatic carbocycles. The minimum Gasteiger partial charge on any atom is -0.411 e. The highest BCUT2D eigenvalue weighted by Gasteiger charge is 2.41. The summed E-state index contributed by atoms with van der Waals surface area (Å²) in [5, 5.41) is 11.9. The van der Waals surface area contributed by atoms with Crippen molar-refractivity contribution < 1.29 is 9.21 Å². The monoisotopic (exact) mass is 503 g/mol. The molecule has 2 bridgehead atoms. The summed E-state index contributed by atoms with van der Waals surface area (Å²) in [6.45, 7) is 6.91. The molecule has 1 aromatic heterocycles. The van der Waals surface area contributed by atoms with Gasteiger partial charge in [-0.3, -0.25) is 4.79 Å². The van der Waals surface area contributed by atoms with E-state index >= 15 is 0 Å². The standard InChI is InChI=1S/C30H37N3O2S/c1-20-6-8-24(9-7-20)28-32-33-29(35-28)36-14-4-5-27(34)31-26-12-10-25(11-13-26)30(3)18-22-15-21(2)16-23(17-22)19-30/h6-13,21-23H,4-5,14-19H2,1-3H3,(H,31,34). The molecule has 2 atom stereocenters. The molecule has 1 amide bonds. The van der Waals surface area contributed by atoms with E-state index < -0.39 is 0 Å². The van der Waals surface area contributed by atoms with Gasteiger partial charge in [0.25, 0.3) is 5.22 Å². The van der Waals surface area contributed by atoms with Crippen LogP contribution in [-0.2, 0) is 10.2 Å². The maximum absolute atomic E-state index is 12.5. The van der Waals surface area contributed by atoms with Gasteiger partial charge in [-0.05, 0) is 98.4 Å². The maximum atomic E-state index is 12.5. The number of amides is 1. The van der Waals surface area contributed by atoms with Gasteiger partial charge in [-0.2, -0.15) is 0 Å². The fourth-order valence-corrected chi connectivity index (χ4v) is 7.18. The average molecular weight is 504 g/mol. The molecule has 1 heterocycles. The van der Waals surface area contributed by atoms with Crippen LogP contribution in [0.1, 0.15) is 69.9 Å². The first-order chi connectivity index (χ1) is 17.4. The lowest BCUT2D eigenvalue weighted by molar-refractivity contribution is -0.116. The molecule has 0 radical (unpaired) electrons. The minimum atomic E-state index is 0.0432. The number of carbonyl (C=O) groups excluding carboxylic acids is 1. The van der Waals surface area contributed by atoms with Gasteiger partial charge in [0, 0.05) is 23.4 Å². The zero-order valence-corrected chi connectivity index (χ0v) is 22.4. The van der Waals surface area contributed by atoms with Crippen molar-refractivity contribution in [1.82, 2.24) is 10.2 Å². The summed E-state index contributed by atoms with van der Waals surface area (Å²) in [4.78, 5) is 12.5. The Bertz CT molecular complexity index is 1150. The second-order valence-electron chi connectivity index (χ2n) is 11.3. The lowest BCUT2D eigenvalue weighted by Crippen LogP contribution is -2.38. The molecule has 2 fully saturated rings. The van der Waals surface area contributed by atoms with Crippen LogP contribution in [-0.4, -0.2) is 21.9 Å². The Labute approximate surface area is 218 Å². The van der Waals surface area contributed by atoms with Gasteiger partial charge in [-0.15, -0.1) is 10.2 Å². The number of hydrogen-bond acceptors (Lipinski definition) is 5. The summed E-state index contributed by atoms with van der Waals surface area (Å²) in [7, 11) is 0. The fourth-order valence-electron chi connectivity index (χ4n) is 6.48. The number of anilines is 1. The van der Waals surface area contributed by atoms with E-state index in [0.29, 0.717) is 17.5 Å². The van der Waals surface area contributed by atoms with E-state index in [9.17, 15) is 4.79 Å². The van der Waals surface area contributed by atoms with Gasteiger partial charge in [0.2, 0.25) is 11.8 Å². The minimum absolute atomic E-state index is 0.0432. The molecular weight excluding hydrogens is 466 g/mol. The predicted molar refractivity (Wildman–Crippen MR) is 146 cm³/mol. The highest BCUT2D eigenvalue weighted by atomic mass is 32.2. The Morgan fingerprint density at radius 2 is 1.72 bits per heavy atom. The van der Waals surface area contributed by atoms with Gasteiger partial charge in [0.15, 0.2) is 0 Å². The van der Waals surface area contributed by atoms with E-state index in [1.807, 2.05) is 31.2 Å². The van der Waals surface area contributed by atoms with Crippen molar-refractivity contribution in [2.24, 2.45) is 17.8 Å². The number of nitrogens with zero attached hydrogens (tertiary/aromatic N) is 2. The average Bonchev–Trinajstić information content (AvgIpc) is 3.31. The van der Waals surface area contributed by atoms with Crippen molar-refractivity contribution in [3.63, 3.8) is 0 Å². The van der Waals surface area contributed by atoms with Gasteiger partial charge in [0.05, 0.1) is 0 Å². The van der Waals surface area contributed by atoms with E-state index in [0.717, 1.165) is 41.2 Å². The van der Waals surface area contributed by atoms with Crippen LogP contribution in [0.4, 0.5) is 5.69 Å². The van der Waals surface area contributed by atoms with Crippen molar-refractivity contribution in [2.45, 2.75) is 76.4 Å². The third-order valence-corrected chi connectivity index (χ3v) is 8.87. The molecule has 2 aromatic carbocycles. The number of nitrogens with one attached hydrogen (secondary N) is 1. The molecule has 0 saturated heterocycles. The smallest absolute Gasteiger partial charge is 0.276 e. The third-order valence-electron chi connectivity index (χ3n) is 7.96. The summed E-state index contributed by atoms with van der Waals surface area (Å²) >= 11 is 1.49. The van der Waals surface area contributed by atoms with E-state index in [1.54, 1.807) is 0 Å². The summed E-state index contributed by atoms with van der Waals surface area (Å²) < 4.78 is 5.75. The van der Waals surface area contributed by atoms with Crippen molar-refractivity contribution in [1.29, 1.82) is 0 Å². The van der Waals surface area contributed by atoms with Gasteiger partial charge >= 0.3 is 0 Å². The van der Waals surface area contributed by atoms with Crippen LogP contribution in [0, 0.1) is 24.7 Å². The molecule has 190 valence electrons. The zero-order valence-electron chi connectivity index (χ0n) is 21.6. The van der Waals surface area contributed by atoms with Crippen LogP contribution in [0.2, 0.25) is 0 Å². The Hall–Kier alpha value is -2.60. The Morgan fingerprint density at radius 3 is 2.42 bits per heavy atom. The largest absolute Gasteiger partial charge is 0.411 e. The molecule has 5 rings (SSSR count). The van der Waals surface area contributed by atoms with Crippen LogP contribution in [0.15, 0.2) is 58.2 Å². The lowest BCUT2D eigenvalue weighted by Gasteiger charge is -2.47. The number of benzene rings is 2. The Morgan fingerprint density at radius 1 is 1.03 bits per heavy atom. The molecule has 2 saturated carbocycles. The van der Waals surface area contributed by atoms with E-state index in [1.165, 1.54) is 55.0 Å². The van der Waals surface area contributed by atoms with E-state index in [-0.39, 0.29) is 11.3 Å². The summed E-state index contributed by atoms with van der Waals surface area (Å²) in [6, 6.07) is 16.6. The number of carbonyl (C=O) groups is 1. The Kier molecular flexibility index (Phi) is 7.52. The Balaban J connectivity index is 1.06. The van der Waals surface area contributed by atoms with Crippen molar-refractivity contribution in [3.05, 3.63) is 59.7 Å². The normalized spacial score (nSPS) is 25.5. The topological polar surface area (TPSA) is 68.0 Å². The zero-order chi connectivity index (χ0) is 25.1. The molecule has 1 N–H and O–H groups in total. The maximum Gasteiger partial charge on any atom is 0.276 e. The molecule has 6 heteroatoms. The van der Waals surface area contributed by atoms with Crippen LogP contribution in [0.5, 0.6) is 0 Å². The van der Waals surface area contributed by atoms with Gasteiger partial charge in [0.1, 0.15) is 0 Å². The van der Waals surface area contributed by atoms with Crippen LogP contribution in [0.3, 0.4) is 0 Å². The first kappa shape index (κ1) is 25.1. The molecule has 0 aliphatic heterocycles. The summed E-state index contributed by atoms with van der Waals surface area (Å²) in [6.07, 6.45) is 8.00. The first-order valence-electron chi connectivity index (χ1n) is 13.3. The van der Waals surface area contributed by atoms with E-state index in [2.05, 4.69) is 53.6 Å². The molecule has 0 spiro atoms. The number of aromatic nitrogens is 2. The van der Waals surface area contributed by atoms with E-state index in [4.69, 9.17) is 4.42 Å². The van der Waals surface area contributed by atoms with Crippen LogP contribution < -0.4 is 5.32 Å². The van der Waals surface area contributed by atoms with Gasteiger partial charge in [-0.1, -0.05) is 55.4 Å². The molecular formula is C30H37N3O2S.